The zero-order chi connectivity index (χ0) is 13.8. The molecule has 1 aliphatic rings. The van der Waals surface area contributed by atoms with Crippen LogP contribution in [0.4, 0.5) is 5.69 Å². The maximum atomic E-state index is 6.51. The number of nitrogens with one attached hydrogen (secondary N) is 1. The summed E-state index contributed by atoms with van der Waals surface area (Å²) in [6, 6.07) is 7.42. The van der Waals surface area contributed by atoms with E-state index in [4.69, 9.17) is 11.6 Å². The van der Waals surface area contributed by atoms with Crippen molar-refractivity contribution in [2.45, 2.75) is 51.6 Å². The third-order valence-electron chi connectivity index (χ3n) is 4.27. The van der Waals surface area contributed by atoms with Crippen LogP contribution in [-0.4, -0.2) is 19.6 Å². The van der Waals surface area contributed by atoms with E-state index in [0.717, 1.165) is 11.6 Å². The fourth-order valence-corrected chi connectivity index (χ4v) is 3.12. The standard InChI is InChI=1S/C16H25ClN2/c1-12-7-5-4-6-10-19(12)16-9-8-14(11-15(16)17)13(2)18-3/h8-9,11-13,18H,4-7,10H2,1-3H3. The van der Waals surface area contributed by atoms with Crippen LogP contribution in [0.1, 0.15) is 51.1 Å². The van der Waals surface area contributed by atoms with Gasteiger partial charge in [0.1, 0.15) is 0 Å². The van der Waals surface area contributed by atoms with Gasteiger partial charge in [-0.1, -0.05) is 30.5 Å². The van der Waals surface area contributed by atoms with Crippen LogP contribution in [0.3, 0.4) is 0 Å². The van der Waals surface area contributed by atoms with E-state index < -0.39 is 0 Å². The molecule has 1 fully saturated rings. The third kappa shape index (κ3) is 3.43. The van der Waals surface area contributed by atoms with Crippen molar-refractivity contribution < 1.29 is 0 Å². The first kappa shape index (κ1) is 14.7. The molecule has 0 radical (unpaired) electrons. The molecule has 1 aromatic rings. The Balaban J connectivity index is 2.24. The van der Waals surface area contributed by atoms with Gasteiger partial charge in [0, 0.05) is 18.6 Å². The van der Waals surface area contributed by atoms with Gasteiger partial charge < -0.3 is 10.2 Å². The van der Waals surface area contributed by atoms with E-state index in [1.165, 1.54) is 36.9 Å². The zero-order valence-electron chi connectivity index (χ0n) is 12.2. The molecule has 2 nitrogen and oxygen atoms in total. The average Bonchev–Trinajstić information content (AvgIpc) is 2.62. The van der Waals surface area contributed by atoms with Crippen molar-refractivity contribution in [3.8, 4) is 0 Å². The molecule has 0 spiro atoms. The second-order valence-electron chi connectivity index (χ2n) is 5.61. The summed E-state index contributed by atoms with van der Waals surface area (Å²) in [7, 11) is 1.98. The highest BCUT2D eigenvalue weighted by Crippen LogP contribution is 2.32. The van der Waals surface area contributed by atoms with Gasteiger partial charge in [0.25, 0.3) is 0 Å². The number of hydrogen-bond donors (Lipinski definition) is 1. The van der Waals surface area contributed by atoms with E-state index in [1.54, 1.807) is 0 Å². The van der Waals surface area contributed by atoms with Crippen LogP contribution in [0.25, 0.3) is 0 Å². The Kier molecular flexibility index (Phi) is 5.12. The van der Waals surface area contributed by atoms with Crippen molar-refractivity contribution in [1.29, 1.82) is 0 Å². The second kappa shape index (κ2) is 6.62. The number of halogens is 1. The minimum Gasteiger partial charge on any atom is -0.368 e. The molecular weight excluding hydrogens is 256 g/mol. The molecule has 0 amide bonds. The Morgan fingerprint density at radius 1 is 1.32 bits per heavy atom. The van der Waals surface area contributed by atoms with Crippen LogP contribution in [-0.2, 0) is 0 Å². The number of nitrogens with zero attached hydrogens (tertiary/aromatic N) is 1. The van der Waals surface area contributed by atoms with E-state index >= 15 is 0 Å². The minimum atomic E-state index is 0.341. The summed E-state index contributed by atoms with van der Waals surface area (Å²) in [5.41, 5.74) is 2.45. The molecule has 1 N–H and O–H groups in total. The fraction of sp³-hybridized carbons (Fsp3) is 0.625. The van der Waals surface area contributed by atoms with Gasteiger partial charge in [-0.05, 0) is 51.4 Å². The van der Waals surface area contributed by atoms with Crippen LogP contribution >= 0.6 is 11.6 Å². The van der Waals surface area contributed by atoms with E-state index in [9.17, 15) is 0 Å². The van der Waals surface area contributed by atoms with Gasteiger partial charge >= 0.3 is 0 Å². The van der Waals surface area contributed by atoms with Gasteiger partial charge in [0.15, 0.2) is 0 Å². The summed E-state index contributed by atoms with van der Waals surface area (Å²) in [5.74, 6) is 0. The van der Waals surface area contributed by atoms with Gasteiger partial charge in [-0.3, -0.25) is 0 Å². The van der Waals surface area contributed by atoms with Crippen LogP contribution in [0.2, 0.25) is 5.02 Å². The Bertz CT molecular complexity index is 419. The molecule has 19 heavy (non-hydrogen) atoms. The van der Waals surface area contributed by atoms with Crippen LogP contribution in [0.15, 0.2) is 18.2 Å². The molecule has 1 aromatic carbocycles. The number of anilines is 1. The first-order chi connectivity index (χ1) is 9.13. The summed E-state index contributed by atoms with van der Waals surface area (Å²) in [4.78, 5) is 2.48. The topological polar surface area (TPSA) is 15.3 Å². The molecule has 0 aliphatic carbocycles. The first-order valence-electron chi connectivity index (χ1n) is 7.37. The summed E-state index contributed by atoms with van der Waals surface area (Å²) in [6.45, 7) is 5.59. The normalized spacial score (nSPS) is 22.1. The Morgan fingerprint density at radius 2 is 2.11 bits per heavy atom. The van der Waals surface area contributed by atoms with Crippen LogP contribution in [0.5, 0.6) is 0 Å². The van der Waals surface area contributed by atoms with Crippen molar-refractivity contribution in [2.24, 2.45) is 0 Å². The van der Waals surface area contributed by atoms with Crippen LogP contribution in [0, 0.1) is 0 Å². The summed E-state index contributed by atoms with van der Waals surface area (Å²) in [5, 5.41) is 4.14. The predicted molar refractivity (Wildman–Crippen MR) is 84.2 cm³/mol. The van der Waals surface area contributed by atoms with Gasteiger partial charge in [0.05, 0.1) is 10.7 Å². The molecule has 2 unspecified atom stereocenters. The minimum absolute atomic E-state index is 0.341. The molecule has 3 heteroatoms. The molecule has 106 valence electrons. The number of hydrogen-bond acceptors (Lipinski definition) is 2. The average molecular weight is 281 g/mol. The zero-order valence-corrected chi connectivity index (χ0v) is 13.0. The number of rotatable bonds is 3. The molecule has 1 saturated heterocycles. The van der Waals surface area contributed by atoms with Gasteiger partial charge in [-0.25, -0.2) is 0 Å². The highest BCUT2D eigenvalue weighted by molar-refractivity contribution is 6.33. The van der Waals surface area contributed by atoms with Gasteiger partial charge in [0.2, 0.25) is 0 Å². The molecule has 1 aliphatic heterocycles. The lowest BCUT2D eigenvalue weighted by Gasteiger charge is -2.30. The molecule has 0 saturated carbocycles. The maximum absolute atomic E-state index is 6.51. The van der Waals surface area contributed by atoms with Crippen molar-refractivity contribution in [3.05, 3.63) is 28.8 Å². The predicted octanol–water partition coefficient (Wildman–Crippen LogP) is 4.39. The summed E-state index contributed by atoms with van der Waals surface area (Å²) in [6.07, 6.45) is 5.22. The van der Waals surface area contributed by atoms with E-state index in [1.807, 2.05) is 7.05 Å². The molecule has 0 bridgehead atoms. The van der Waals surface area contributed by atoms with Crippen molar-refractivity contribution in [1.82, 2.24) is 5.32 Å². The van der Waals surface area contributed by atoms with E-state index in [2.05, 4.69) is 42.3 Å². The molecular formula is C16H25ClN2. The molecule has 2 atom stereocenters. The lowest BCUT2D eigenvalue weighted by molar-refractivity contribution is 0.615. The lowest BCUT2D eigenvalue weighted by Crippen LogP contribution is -2.32. The molecule has 0 aromatic heterocycles. The van der Waals surface area contributed by atoms with Crippen LogP contribution < -0.4 is 10.2 Å². The Hall–Kier alpha value is -0.730. The van der Waals surface area contributed by atoms with E-state index in [0.29, 0.717) is 12.1 Å². The summed E-state index contributed by atoms with van der Waals surface area (Å²) < 4.78 is 0. The highest BCUT2D eigenvalue weighted by atomic mass is 35.5. The SMILES string of the molecule is CNC(C)c1ccc(N2CCCCCC2C)c(Cl)c1. The quantitative estimate of drug-likeness (QED) is 0.883. The maximum Gasteiger partial charge on any atom is 0.0642 e. The van der Waals surface area contributed by atoms with Crippen molar-refractivity contribution in [2.75, 3.05) is 18.5 Å². The largest absolute Gasteiger partial charge is 0.368 e. The Labute approximate surface area is 122 Å². The fourth-order valence-electron chi connectivity index (χ4n) is 2.82. The smallest absolute Gasteiger partial charge is 0.0642 e. The Morgan fingerprint density at radius 3 is 2.79 bits per heavy atom. The number of benzene rings is 1. The first-order valence-corrected chi connectivity index (χ1v) is 7.74. The second-order valence-corrected chi connectivity index (χ2v) is 6.02. The lowest BCUT2D eigenvalue weighted by atomic mass is 10.1. The molecule has 1 heterocycles. The highest BCUT2D eigenvalue weighted by Gasteiger charge is 2.19. The van der Waals surface area contributed by atoms with E-state index in [-0.39, 0.29) is 0 Å². The molecule has 2 rings (SSSR count). The van der Waals surface area contributed by atoms with Crippen molar-refractivity contribution >= 4 is 17.3 Å². The van der Waals surface area contributed by atoms with Crippen molar-refractivity contribution in [3.63, 3.8) is 0 Å². The monoisotopic (exact) mass is 280 g/mol. The third-order valence-corrected chi connectivity index (χ3v) is 4.57. The van der Waals surface area contributed by atoms with Gasteiger partial charge in [-0.15, -0.1) is 0 Å². The van der Waals surface area contributed by atoms with Gasteiger partial charge in [-0.2, -0.15) is 0 Å². The summed E-state index contributed by atoms with van der Waals surface area (Å²) >= 11 is 6.51.